The van der Waals surface area contributed by atoms with E-state index in [0.717, 1.165) is 10.4 Å². The van der Waals surface area contributed by atoms with Gasteiger partial charge >= 0.3 is 5.95 Å². The van der Waals surface area contributed by atoms with Gasteiger partial charge in [-0.05, 0) is 34.6 Å². The second kappa shape index (κ2) is 12.9. The minimum atomic E-state index is -2.21. The zero-order valence-corrected chi connectivity index (χ0v) is 25.9. The lowest BCUT2D eigenvalue weighted by atomic mass is 9.70. The summed E-state index contributed by atoms with van der Waals surface area (Å²) in [4.78, 5) is 15.9. The fourth-order valence-corrected chi connectivity index (χ4v) is 8.22. The lowest BCUT2D eigenvalue weighted by Gasteiger charge is -2.51. The van der Waals surface area contributed by atoms with E-state index in [0.29, 0.717) is 5.69 Å². The highest BCUT2D eigenvalue weighted by molar-refractivity contribution is 6.80. The summed E-state index contributed by atoms with van der Waals surface area (Å²) in [5, 5.41) is 14.4. The average Bonchev–Trinajstić information content (AvgIpc) is 3.33. The van der Waals surface area contributed by atoms with E-state index in [1.807, 2.05) is 50.2 Å². The zero-order valence-electron chi connectivity index (χ0n) is 24.7. The molecule has 0 spiro atoms. The number of hydrogen-bond donors (Lipinski definition) is 0. The van der Waals surface area contributed by atoms with Gasteiger partial charge in [-0.25, -0.2) is 4.57 Å². The molecule has 11 heteroatoms. The lowest BCUT2D eigenvalue weighted by Crippen LogP contribution is -2.62. The van der Waals surface area contributed by atoms with E-state index in [-0.39, 0.29) is 44.5 Å². The Morgan fingerprint density at radius 3 is 2.10 bits per heavy atom. The van der Waals surface area contributed by atoms with Crippen LogP contribution in [0, 0.1) is 20.9 Å². The van der Waals surface area contributed by atoms with Crippen LogP contribution in [0.1, 0.15) is 40.3 Å². The summed E-state index contributed by atoms with van der Waals surface area (Å²) in [7, 11) is -0.696. The van der Waals surface area contributed by atoms with Gasteiger partial charge in [0.15, 0.2) is 11.5 Å². The van der Waals surface area contributed by atoms with Gasteiger partial charge in [0.05, 0.1) is 31.3 Å². The molecule has 1 fully saturated rings. The lowest BCUT2D eigenvalue weighted by molar-refractivity contribution is -0.397. The van der Waals surface area contributed by atoms with Gasteiger partial charge in [-0.2, -0.15) is 0 Å². The van der Waals surface area contributed by atoms with Crippen LogP contribution in [-0.4, -0.2) is 62.5 Å². The highest BCUT2D eigenvalue weighted by Crippen LogP contribution is 2.44. The first-order valence-electron chi connectivity index (χ1n) is 13.7. The SMILES string of the molecule is COCOCc1cn(CC2(C(O[SiH](c3ccccc3)c3ccccc3)C(C)(C)C)COC(C)(C)OC2)c([N+](=O)[O-])n1. The van der Waals surface area contributed by atoms with Crippen molar-refractivity contribution >= 4 is 25.4 Å². The monoisotopic (exact) mass is 583 g/mol. The van der Waals surface area contributed by atoms with Crippen molar-refractivity contribution < 1.29 is 28.3 Å². The molecule has 0 amide bonds. The van der Waals surface area contributed by atoms with E-state index in [9.17, 15) is 10.1 Å². The molecule has 4 rings (SSSR count). The third-order valence-electron chi connectivity index (χ3n) is 7.14. The fourth-order valence-electron chi connectivity index (χ4n) is 5.41. The average molecular weight is 584 g/mol. The van der Waals surface area contributed by atoms with Gasteiger partial charge in [-0.1, -0.05) is 86.4 Å². The van der Waals surface area contributed by atoms with Gasteiger partial charge in [-0.15, -0.1) is 0 Å². The van der Waals surface area contributed by atoms with Crippen molar-refractivity contribution in [3.8, 4) is 0 Å². The smallest absolute Gasteiger partial charge is 0.407 e. The molecule has 1 unspecified atom stereocenters. The topological polar surface area (TPSA) is 107 Å². The van der Waals surface area contributed by atoms with Crippen molar-refractivity contribution in [3.63, 3.8) is 0 Å². The molecule has 41 heavy (non-hydrogen) atoms. The Bertz CT molecular complexity index is 1230. The van der Waals surface area contributed by atoms with Crippen LogP contribution in [-0.2, 0) is 36.5 Å². The van der Waals surface area contributed by atoms with Gasteiger partial charge in [0, 0.05) is 7.11 Å². The number of aromatic nitrogens is 2. The maximum Gasteiger partial charge on any atom is 0.434 e. The fraction of sp³-hybridized carbons (Fsp3) is 0.500. The molecule has 222 valence electrons. The molecule has 2 aromatic carbocycles. The highest BCUT2D eigenvalue weighted by Gasteiger charge is 2.53. The van der Waals surface area contributed by atoms with E-state index in [2.05, 4.69) is 50.0 Å². The number of imidazole rings is 1. The number of benzene rings is 2. The first-order chi connectivity index (χ1) is 19.4. The molecule has 0 bridgehead atoms. The molecule has 1 saturated heterocycles. The van der Waals surface area contributed by atoms with Crippen molar-refractivity contribution in [1.29, 1.82) is 0 Å². The number of nitro groups is 1. The maximum atomic E-state index is 12.1. The van der Waals surface area contributed by atoms with Crippen molar-refractivity contribution in [2.75, 3.05) is 27.1 Å². The van der Waals surface area contributed by atoms with Gasteiger partial charge in [0.2, 0.25) is 9.04 Å². The molecule has 0 N–H and O–H groups in total. The van der Waals surface area contributed by atoms with Crippen LogP contribution in [0.3, 0.4) is 0 Å². The second-order valence-electron chi connectivity index (χ2n) is 12.1. The molecular formula is C30H41N3O7Si. The number of ether oxygens (including phenoxy) is 4. The minimum Gasteiger partial charge on any atom is -0.407 e. The standard InChI is InChI=1S/C30H41N3O7Si/c1-28(2,3)26(40-41(24-13-9-7-10-14-24)25-15-11-8-12-16-25)30(20-38-29(4,5)39-21-30)19-32-17-23(18-37-22-36-6)31-27(32)33(34)35/h7-17,26,41H,18-22H2,1-6H3. The summed E-state index contributed by atoms with van der Waals surface area (Å²) in [5.41, 5.74) is -0.697. The first kappa shape index (κ1) is 31.0. The first-order valence-corrected chi connectivity index (χ1v) is 15.4. The van der Waals surface area contributed by atoms with Crippen molar-refractivity contribution in [3.05, 3.63) is 82.7 Å². The van der Waals surface area contributed by atoms with Crippen molar-refractivity contribution in [1.82, 2.24) is 9.55 Å². The predicted molar refractivity (Wildman–Crippen MR) is 158 cm³/mol. The van der Waals surface area contributed by atoms with Crippen LogP contribution >= 0.6 is 0 Å². The number of hydrogen-bond acceptors (Lipinski definition) is 8. The van der Waals surface area contributed by atoms with Crippen LogP contribution in [0.5, 0.6) is 0 Å². The molecule has 0 radical (unpaired) electrons. The molecule has 3 aromatic rings. The second-order valence-corrected chi connectivity index (χ2v) is 14.5. The summed E-state index contributed by atoms with van der Waals surface area (Å²) in [5.74, 6) is -1.06. The summed E-state index contributed by atoms with van der Waals surface area (Å²) >= 11 is 0. The van der Waals surface area contributed by atoms with Gasteiger partial charge in [0.1, 0.15) is 19.6 Å². The third-order valence-corrected chi connectivity index (χ3v) is 9.66. The van der Waals surface area contributed by atoms with E-state index in [1.54, 1.807) is 10.8 Å². The van der Waals surface area contributed by atoms with Gasteiger partial charge in [-0.3, -0.25) is 0 Å². The molecule has 2 heterocycles. The van der Waals surface area contributed by atoms with Crippen LogP contribution < -0.4 is 10.4 Å². The van der Waals surface area contributed by atoms with Crippen LogP contribution in [0.25, 0.3) is 0 Å². The summed E-state index contributed by atoms with van der Waals surface area (Å²) < 4.78 is 31.8. The molecular weight excluding hydrogens is 542 g/mol. The number of methoxy groups -OCH3 is 1. The van der Waals surface area contributed by atoms with E-state index >= 15 is 0 Å². The molecule has 1 aliphatic heterocycles. The third kappa shape index (κ3) is 7.67. The summed E-state index contributed by atoms with van der Waals surface area (Å²) in [6.07, 6.45) is 1.27. The quantitative estimate of drug-likeness (QED) is 0.105. The van der Waals surface area contributed by atoms with E-state index in [1.165, 1.54) is 7.11 Å². The largest absolute Gasteiger partial charge is 0.434 e. The highest BCUT2D eigenvalue weighted by atomic mass is 28.3. The van der Waals surface area contributed by atoms with Crippen LogP contribution in [0.2, 0.25) is 0 Å². The van der Waals surface area contributed by atoms with Crippen molar-refractivity contribution in [2.24, 2.45) is 10.8 Å². The Kier molecular flexibility index (Phi) is 9.78. The van der Waals surface area contributed by atoms with Gasteiger partial charge < -0.3 is 33.5 Å². The molecule has 1 aromatic heterocycles. The maximum absolute atomic E-state index is 12.1. The Labute approximate surface area is 243 Å². The summed E-state index contributed by atoms with van der Waals surface area (Å²) in [6, 6.07) is 20.6. The zero-order chi connectivity index (χ0) is 29.7. The van der Waals surface area contributed by atoms with Gasteiger partial charge in [0.25, 0.3) is 0 Å². The van der Waals surface area contributed by atoms with Crippen LogP contribution in [0.4, 0.5) is 5.95 Å². The normalized spacial score (nSPS) is 17.4. The Morgan fingerprint density at radius 1 is 1.05 bits per heavy atom. The van der Waals surface area contributed by atoms with E-state index < -0.39 is 31.3 Å². The predicted octanol–water partition coefficient (Wildman–Crippen LogP) is 3.65. The molecule has 0 saturated carbocycles. The van der Waals surface area contributed by atoms with E-state index in [4.69, 9.17) is 23.4 Å². The Hall–Kier alpha value is -2.93. The molecule has 0 aliphatic carbocycles. The molecule has 1 aliphatic rings. The molecule has 1 atom stereocenters. The Morgan fingerprint density at radius 2 is 1.61 bits per heavy atom. The van der Waals surface area contributed by atoms with Crippen LogP contribution in [0.15, 0.2) is 66.9 Å². The van der Waals surface area contributed by atoms with Crippen molar-refractivity contribution in [2.45, 2.75) is 59.7 Å². The summed E-state index contributed by atoms with van der Waals surface area (Å²) in [6.45, 7) is 11.1. The number of nitrogens with zero attached hydrogens (tertiary/aromatic N) is 3. The Balaban J connectivity index is 1.78. The number of rotatable bonds is 12. The molecule has 10 nitrogen and oxygen atoms in total. The minimum absolute atomic E-state index is 0.0618.